The maximum absolute atomic E-state index is 13.2. The van der Waals surface area contributed by atoms with Crippen LogP contribution < -0.4 is 10.6 Å². The van der Waals surface area contributed by atoms with Gasteiger partial charge in [0.1, 0.15) is 4.90 Å². The van der Waals surface area contributed by atoms with Crippen molar-refractivity contribution in [2.24, 2.45) is 0 Å². The van der Waals surface area contributed by atoms with E-state index in [0.717, 1.165) is 11.8 Å². The highest BCUT2D eigenvalue weighted by Gasteiger charge is 2.37. The monoisotopic (exact) mass is 500 g/mol. The highest BCUT2D eigenvalue weighted by atomic mass is 32.2. The molecular weight excluding hydrogens is 480 g/mol. The molecule has 0 spiro atoms. The van der Waals surface area contributed by atoms with Gasteiger partial charge in [-0.05, 0) is 47.5 Å². The molecular formula is C22H20N4O6S2. The summed E-state index contributed by atoms with van der Waals surface area (Å²) in [5.41, 5.74) is 1.37. The molecule has 2 heterocycles. The van der Waals surface area contributed by atoms with Gasteiger partial charge < -0.3 is 10.6 Å². The Morgan fingerprint density at radius 1 is 1.09 bits per heavy atom. The molecule has 176 valence electrons. The van der Waals surface area contributed by atoms with Crippen LogP contribution in [0.4, 0.5) is 10.5 Å². The predicted octanol–water partition coefficient (Wildman–Crippen LogP) is 2.15. The van der Waals surface area contributed by atoms with Crippen LogP contribution in [0.25, 0.3) is 0 Å². The van der Waals surface area contributed by atoms with Gasteiger partial charge in [0.25, 0.3) is 15.9 Å². The highest BCUT2D eigenvalue weighted by Crippen LogP contribution is 2.32. The lowest BCUT2D eigenvalue weighted by Crippen LogP contribution is -2.43. The van der Waals surface area contributed by atoms with Gasteiger partial charge in [-0.15, -0.1) is 0 Å². The van der Waals surface area contributed by atoms with Crippen molar-refractivity contribution in [1.82, 2.24) is 14.6 Å². The minimum atomic E-state index is -4.28. The average molecular weight is 501 g/mol. The second-order valence-corrected chi connectivity index (χ2v) is 11.5. The average Bonchev–Trinajstić information content (AvgIpc) is 2.80. The van der Waals surface area contributed by atoms with E-state index in [2.05, 4.69) is 15.6 Å². The Morgan fingerprint density at radius 3 is 2.47 bits per heavy atom. The number of sulfone groups is 1. The zero-order valence-electron chi connectivity index (χ0n) is 17.9. The number of carbonyl (C=O) groups is 2. The van der Waals surface area contributed by atoms with Crippen LogP contribution in [-0.4, -0.2) is 44.3 Å². The molecule has 12 heteroatoms. The summed E-state index contributed by atoms with van der Waals surface area (Å²) in [4.78, 5) is 29.0. The molecule has 3 aromatic rings. The van der Waals surface area contributed by atoms with Gasteiger partial charge in [-0.3, -0.25) is 9.78 Å². The van der Waals surface area contributed by atoms with Gasteiger partial charge in [0, 0.05) is 30.8 Å². The molecule has 0 atom stereocenters. The highest BCUT2D eigenvalue weighted by molar-refractivity contribution is 7.90. The Morgan fingerprint density at radius 2 is 1.82 bits per heavy atom. The van der Waals surface area contributed by atoms with E-state index in [1.807, 2.05) is 0 Å². The summed E-state index contributed by atoms with van der Waals surface area (Å²) in [5.74, 6) is -0.485. The number of carbonyl (C=O) groups excluding carboxylic acids is 2. The van der Waals surface area contributed by atoms with Gasteiger partial charge in [-0.1, -0.05) is 18.2 Å². The first-order valence-electron chi connectivity index (χ1n) is 9.99. The Labute approximate surface area is 196 Å². The van der Waals surface area contributed by atoms with E-state index >= 15 is 0 Å². The van der Waals surface area contributed by atoms with Gasteiger partial charge in [0.2, 0.25) is 0 Å². The van der Waals surface area contributed by atoms with Crippen LogP contribution in [0, 0.1) is 0 Å². The van der Waals surface area contributed by atoms with Gasteiger partial charge in [0.15, 0.2) is 9.84 Å². The predicted molar refractivity (Wildman–Crippen MR) is 123 cm³/mol. The number of hydrogen-bond donors (Lipinski definition) is 2. The number of benzene rings is 2. The van der Waals surface area contributed by atoms with Crippen molar-refractivity contribution in [2.45, 2.75) is 22.9 Å². The number of nitrogens with zero attached hydrogens (tertiary/aromatic N) is 2. The number of hydrogen-bond acceptors (Lipinski definition) is 7. The molecule has 4 rings (SSSR count). The van der Waals surface area contributed by atoms with E-state index in [4.69, 9.17) is 0 Å². The number of amides is 3. The minimum absolute atomic E-state index is 0.0671. The van der Waals surface area contributed by atoms with Crippen LogP contribution in [0.5, 0.6) is 0 Å². The van der Waals surface area contributed by atoms with Gasteiger partial charge >= 0.3 is 6.03 Å². The third-order valence-electron chi connectivity index (χ3n) is 5.13. The summed E-state index contributed by atoms with van der Waals surface area (Å²) in [7, 11) is -7.69. The van der Waals surface area contributed by atoms with Crippen molar-refractivity contribution in [3.05, 3.63) is 83.7 Å². The molecule has 3 amide bonds. The topological polar surface area (TPSA) is 143 Å². The molecule has 0 radical (unpaired) electrons. The molecule has 0 fully saturated rings. The largest absolute Gasteiger partial charge is 0.348 e. The molecule has 0 saturated carbocycles. The number of nitrogens with one attached hydrogen (secondary N) is 2. The minimum Gasteiger partial charge on any atom is -0.348 e. The first-order valence-corrected chi connectivity index (χ1v) is 13.3. The Kier molecular flexibility index (Phi) is 6.11. The van der Waals surface area contributed by atoms with Crippen molar-refractivity contribution < 1.29 is 26.4 Å². The number of pyridine rings is 1. The Balaban J connectivity index is 1.57. The maximum atomic E-state index is 13.2. The SMILES string of the molecule is CS(=O)(=O)c1ccc(CN2C(=O)Nc3ccc(C(=O)NCc4cccnc4)cc3S2(=O)=O)cc1. The lowest BCUT2D eigenvalue weighted by atomic mass is 10.2. The molecule has 0 unspecified atom stereocenters. The number of sulfonamides is 1. The zero-order valence-corrected chi connectivity index (χ0v) is 19.6. The lowest BCUT2D eigenvalue weighted by molar-refractivity contribution is 0.0950. The number of aromatic nitrogens is 1. The van der Waals surface area contributed by atoms with Crippen LogP contribution in [-0.2, 0) is 33.0 Å². The summed E-state index contributed by atoms with van der Waals surface area (Å²) in [6.45, 7) is -0.0993. The third-order valence-corrected chi connectivity index (χ3v) is 8.03. The van der Waals surface area contributed by atoms with Crippen LogP contribution >= 0.6 is 0 Å². The third kappa shape index (κ3) is 4.77. The Hall–Kier alpha value is -3.77. The number of urea groups is 1. The van der Waals surface area contributed by atoms with Crippen molar-refractivity contribution in [3.63, 3.8) is 0 Å². The Bertz CT molecular complexity index is 1470. The van der Waals surface area contributed by atoms with Crippen molar-refractivity contribution in [2.75, 3.05) is 11.6 Å². The fourth-order valence-electron chi connectivity index (χ4n) is 3.34. The molecule has 2 aromatic carbocycles. The number of anilines is 1. The summed E-state index contributed by atoms with van der Waals surface area (Å²) in [6.07, 6.45) is 4.28. The smallest absolute Gasteiger partial charge is 0.336 e. The summed E-state index contributed by atoms with van der Waals surface area (Å²) in [5, 5.41) is 5.22. The van der Waals surface area contributed by atoms with E-state index < -0.39 is 31.8 Å². The first kappa shape index (κ1) is 23.4. The second kappa shape index (κ2) is 8.88. The second-order valence-electron chi connectivity index (χ2n) is 7.61. The lowest BCUT2D eigenvalue weighted by Gasteiger charge is -2.29. The molecule has 1 aliphatic rings. The van der Waals surface area contributed by atoms with E-state index in [0.29, 0.717) is 9.87 Å². The van der Waals surface area contributed by atoms with Crippen LogP contribution in [0.3, 0.4) is 0 Å². The summed E-state index contributed by atoms with van der Waals surface area (Å²) < 4.78 is 50.4. The van der Waals surface area contributed by atoms with Crippen LogP contribution in [0.15, 0.2) is 76.8 Å². The van der Waals surface area contributed by atoms with E-state index in [1.54, 1.807) is 24.5 Å². The van der Waals surface area contributed by atoms with Gasteiger partial charge in [-0.25, -0.2) is 25.9 Å². The fraction of sp³-hybridized carbons (Fsp3) is 0.136. The molecule has 34 heavy (non-hydrogen) atoms. The zero-order chi connectivity index (χ0) is 24.5. The molecule has 2 N–H and O–H groups in total. The van der Waals surface area contributed by atoms with Crippen LogP contribution in [0.1, 0.15) is 21.5 Å². The van der Waals surface area contributed by atoms with Crippen molar-refractivity contribution in [1.29, 1.82) is 0 Å². The summed E-state index contributed by atoms with van der Waals surface area (Å²) >= 11 is 0. The quantitative estimate of drug-likeness (QED) is 0.528. The van der Waals surface area contributed by atoms with E-state index in [-0.39, 0.29) is 34.1 Å². The first-order chi connectivity index (χ1) is 16.1. The normalized spacial score (nSPS) is 14.7. The fourth-order valence-corrected chi connectivity index (χ4v) is 5.46. The molecule has 1 aromatic heterocycles. The van der Waals surface area contributed by atoms with Crippen molar-refractivity contribution in [3.8, 4) is 0 Å². The van der Waals surface area contributed by atoms with Crippen LogP contribution in [0.2, 0.25) is 0 Å². The summed E-state index contributed by atoms with van der Waals surface area (Å²) in [6, 6.07) is 12.2. The standard InChI is InChI=1S/C22H20N4O6S2/c1-33(29,30)18-7-4-15(5-8-18)14-26-22(28)25-19-9-6-17(11-20(19)34(26,31)32)21(27)24-13-16-3-2-10-23-12-16/h2-12H,13-14H2,1H3,(H,24,27)(H,25,28). The molecule has 10 nitrogen and oxygen atoms in total. The van der Waals surface area contributed by atoms with E-state index in [1.165, 1.54) is 42.5 Å². The van der Waals surface area contributed by atoms with Gasteiger partial charge in [0.05, 0.1) is 17.1 Å². The molecule has 0 aliphatic carbocycles. The number of rotatable bonds is 6. The maximum Gasteiger partial charge on any atom is 0.336 e. The van der Waals surface area contributed by atoms with Crippen molar-refractivity contribution >= 4 is 37.5 Å². The number of fused-ring (bicyclic) bond motifs is 1. The van der Waals surface area contributed by atoms with E-state index in [9.17, 15) is 26.4 Å². The molecule has 0 bridgehead atoms. The molecule has 0 saturated heterocycles. The molecule has 1 aliphatic heterocycles. The van der Waals surface area contributed by atoms with Gasteiger partial charge in [-0.2, -0.15) is 0 Å².